The van der Waals surface area contributed by atoms with Crippen molar-refractivity contribution in [2.24, 2.45) is 0 Å². The maximum atomic E-state index is 13.3. The second kappa shape index (κ2) is 6.52. The maximum absolute atomic E-state index is 13.3. The number of rotatable bonds is 2. The van der Waals surface area contributed by atoms with Gasteiger partial charge in [0, 0.05) is 0 Å². The highest BCUT2D eigenvalue weighted by Crippen LogP contribution is 2.53. The Hall–Kier alpha value is -2.75. The lowest BCUT2D eigenvalue weighted by Crippen LogP contribution is -2.15. The van der Waals surface area contributed by atoms with Crippen LogP contribution in [-0.4, -0.2) is 5.78 Å². The number of carbonyl (C=O) groups excluding carboxylic acids is 1. The number of halogens is 1. The summed E-state index contributed by atoms with van der Waals surface area (Å²) in [7, 11) is -4.16. The van der Waals surface area contributed by atoms with Gasteiger partial charge in [-0.3, -0.25) is 4.79 Å². The van der Waals surface area contributed by atoms with Crippen molar-refractivity contribution >= 4 is 25.2 Å². The van der Waals surface area contributed by atoms with Crippen LogP contribution in [0.2, 0.25) is 5.02 Å². The Morgan fingerprint density at radius 1 is 0.769 bits per heavy atom. The molecular formula is C19H12ClO5P. The molecule has 1 aliphatic rings. The summed E-state index contributed by atoms with van der Waals surface area (Å²) in [6.07, 6.45) is 0. The van der Waals surface area contributed by atoms with Crippen LogP contribution in [0.1, 0.15) is 15.9 Å². The third-order valence-electron chi connectivity index (χ3n) is 3.73. The lowest BCUT2D eigenvalue weighted by molar-refractivity contribution is 0.103. The van der Waals surface area contributed by atoms with Crippen molar-refractivity contribution in [1.82, 2.24) is 0 Å². The smallest absolute Gasteiger partial charge is 0.385 e. The number of para-hydroxylation sites is 3. The first-order chi connectivity index (χ1) is 12.6. The molecule has 0 saturated carbocycles. The molecule has 3 aromatic rings. The van der Waals surface area contributed by atoms with Crippen LogP contribution in [0, 0.1) is 0 Å². The lowest BCUT2D eigenvalue weighted by atomic mass is 10.0. The summed E-state index contributed by atoms with van der Waals surface area (Å²) in [5, 5.41) is 0.259. The molecule has 130 valence electrons. The zero-order valence-electron chi connectivity index (χ0n) is 13.3. The van der Waals surface area contributed by atoms with Gasteiger partial charge in [0.2, 0.25) is 5.78 Å². The molecule has 7 heteroatoms. The van der Waals surface area contributed by atoms with E-state index >= 15 is 0 Å². The molecule has 0 spiro atoms. The third kappa shape index (κ3) is 3.07. The van der Waals surface area contributed by atoms with Gasteiger partial charge in [0.1, 0.15) is 11.5 Å². The van der Waals surface area contributed by atoms with E-state index in [2.05, 4.69) is 0 Å². The maximum Gasteiger partial charge on any atom is 0.647 e. The van der Waals surface area contributed by atoms with Crippen LogP contribution in [0.25, 0.3) is 0 Å². The van der Waals surface area contributed by atoms with Crippen molar-refractivity contribution in [1.29, 1.82) is 0 Å². The quantitative estimate of drug-likeness (QED) is 0.542. The van der Waals surface area contributed by atoms with Gasteiger partial charge in [0.15, 0.2) is 5.75 Å². The highest BCUT2D eigenvalue weighted by atomic mass is 35.5. The Kier molecular flexibility index (Phi) is 4.19. The minimum absolute atomic E-state index is 0.113. The topological polar surface area (TPSA) is 61.8 Å². The molecule has 1 aliphatic heterocycles. The molecule has 0 bridgehead atoms. The summed E-state index contributed by atoms with van der Waals surface area (Å²) in [5.41, 5.74) is 0.539. The molecule has 0 saturated heterocycles. The summed E-state index contributed by atoms with van der Waals surface area (Å²) < 4.78 is 29.9. The number of phosphoric acid groups is 1. The van der Waals surface area contributed by atoms with Crippen LogP contribution in [0.4, 0.5) is 0 Å². The minimum atomic E-state index is -4.16. The van der Waals surface area contributed by atoms with Crippen molar-refractivity contribution in [2.75, 3.05) is 0 Å². The summed E-state index contributed by atoms with van der Waals surface area (Å²) >= 11 is 6.09. The van der Waals surface area contributed by atoms with Crippen LogP contribution in [0.3, 0.4) is 0 Å². The fourth-order valence-electron chi connectivity index (χ4n) is 2.55. The summed E-state index contributed by atoms with van der Waals surface area (Å²) in [6.45, 7) is 0. The molecule has 1 heterocycles. The molecule has 0 fully saturated rings. The zero-order chi connectivity index (χ0) is 18.1. The van der Waals surface area contributed by atoms with E-state index < -0.39 is 7.82 Å². The first kappa shape index (κ1) is 16.7. The van der Waals surface area contributed by atoms with E-state index in [-0.39, 0.29) is 39.2 Å². The Bertz CT molecular complexity index is 994. The first-order valence-corrected chi connectivity index (χ1v) is 9.56. The average molecular weight is 387 g/mol. The Morgan fingerprint density at radius 2 is 1.27 bits per heavy atom. The predicted molar refractivity (Wildman–Crippen MR) is 97.3 cm³/mol. The first-order valence-electron chi connectivity index (χ1n) is 7.72. The standard InChI is InChI=1S/C19H12ClO5P/c20-15-9-3-6-12-18(15)25-26(22)23-16-10-4-1-7-13(16)19(21)14-8-2-5-11-17(14)24-26/h1-12H. The normalized spacial score (nSPS) is 14.7. The van der Waals surface area contributed by atoms with Crippen molar-refractivity contribution in [2.45, 2.75) is 0 Å². The second-order valence-electron chi connectivity index (χ2n) is 5.47. The number of carbonyl (C=O) groups is 1. The van der Waals surface area contributed by atoms with Crippen molar-refractivity contribution in [3.8, 4) is 17.2 Å². The van der Waals surface area contributed by atoms with Crippen LogP contribution >= 0.6 is 19.4 Å². The minimum Gasteiger partial charge on any atom is -0.385 e. The molecule has 4 rings (SSSR count). The van der Waals surface area contributed by atoms with Crippen molar-refractivity contribution in [3.63, 3.8) is 0 Å². The summed E-state index contributed by atoms with van der Waals surface area (Å²) in [6, 6.07) is 19.5. The predicted octanol–water partition coefficient (Wildman–Crippen LogP) is 5.53. The number of hydrogen-bond acceptors (Lipinski definition) is 5. The molecule has 0 atom stereocenters. The fraction of sp³-hybridized carbons (Fsp3) is 0. The fourth-order valence-corrected chi connectivity index (χ4v) is 4.09. The number of hydrogen-bond donors (Lipinski definition) is 0. The van der Waals surface area contributed by atoms with Crippen molar-refractivity contribution in [3.05, 3.63) is 88.9 Å². The molecule has 0 aliphatic carbocycles. The van der Waals surface area contributed by atoms with E-state index in [4.69, 9.17) is 25.2 Å². The van der Waals surface area contributed by atoms with Gasteiger partial charge in [-0.15, -0.1) is 0 Å². The average Bonchev–Trinajstić information content (AvgIpc) is 2.63. The highest BCUT2D eigenvalue weighted by molar-refractivity contribution is 7.49. The van der Waals surface area contributed by atoms with E-state index in [0.717, 1.165) is 0 Å². The van der Waals surface area contributed by atoms with E-state index in [1.807, 2.05) is 0 Å². The highest BCUT2D eigenvalue weighted by Gasteiger charge is 2.38. The monoisotopic (exact) mass is 386 g/mol. The van der Waals surface area contributed by atoms with Gasteiger partial charge >= 0.3 is 7.82 Å². The Morgan fingerprint density at radius 3 is 1.85 bits per heavy atom. The van der Waals surface area contributed by atoms with Crippen LogP contribution in [-0.2, 0) is 4.57 Å². The number of benzene rings is 3. The molecule has 26 heavy (non-hydrogen) atoms. The van der Waals surface area contributed by atoms with Gasteiger partial charge in [-0.2, -0.15) is 4.57 Å². The largest absolute Gasteiger partial charge is 0.647 e. The SMILES string of the molecule is O=C1c2ccccc2OP(=O)(Oc2ccccc2Cl)Oc2ccccc21. The van der Waals surface area contributed by atoms with Crippen LogP contribution < -0.4 is 13.6 Å². The molecular weight excluding hydrogens is 375 g/mol. The number of ketones is 1. The molecule has 0 unspecified atom stereocenters. The van der Waals surface area contributed by atoms with E-state index in [0.29, 0.717) is 0 Å². The number of fused-ring (bicyclic) bond motifs is 2. The number of phosphoric ester groups is 1. The van der Waals surface area contributed by atoms with Gasteiger partial charge in [-0.1, -0.05) is 48.0 Å². The van der Waals surface area contributed by atoms with E-state index in [1.54, 1.807) is 60.7 Å². The molecule has 0 amide bonds. The molecule has 5 nitrogen and oxygen atoms in total. The van der Waals surface area contributed by atoms with E-state index in [9.17, 15) is 9.36 Å². The van der Waals surface area contributed by atoms with Gasteiger partial charge in [0.25, 0.3) is 0 Å². The van der Waals surface area contributed by atoms with Crippen LogP contribution in [0.5, 0.6) is 17.2 Å². The second-order valence-corrected chi connectivity index (χ2v) is 7.32. The molecule has 0 N–H and O–H groups in total. The summed E-state index contributed by atoms with van der Waals surface area (Å²) in [4.78, 5) is 12.8. The molecule has 0 radical (unpaired) electrons. The molecule has 3 aromatic carbocycles. The third-order valence-corrected chi connectivity index (χ3v) is 5.30. The molecule has 0 aromatic heterocycles. The van der Waals surface area contributed by atoms with Gasteiger partial charge in [-0.05, 0) is 36.4 Å². The van der Waals surface area contributed by atoms with E-state index in [1.165, 1.54) is 12.1 Å². The lowest BCUT2D eigenvalue weighted by Gasteiger charge is -2.24. The van der Waals surface area contributed by atoms with Gasteiger partial charge in [0.05, 0.1) is 16.1 Å². The van der Waals surface area contributed by atoms with Gasteiger partial charge in [-0.25, -0.2) is 0 Å². The Labute approximate surface area is 154 Å². The van der Waals surface area contributed by atoms with Crippen molar-refractivity contribution < 1.29 is 22.9 Å². The Balaban J connectivity index is 1.85. The zero-order valence-corrected chi connectivity index (χ0v) is 14.9. The summed E-state index contributed by atoms with van der Waals surface area (Å²) in [5.74, 6) is 0.0873. The van der Waals surface area contributed by atoms with Gasteiger partial charge < -0.3 is 13.6 Å². The van der Waals surface area contributed by atoms with Crippen LogP contribution in [0.15, 0.2) is 72.8 Å².